The first-order valence-corrected chi connectivity index (χ1v) is 5.08. The minimum Gasteiger partial charge on any atom is -0.423 e. The smallest absolute Gasteiger partial charge is 0.423 e. The van der Waals surface area contributed by atoms with Gasteiger partial charge in [0.05, 0.1) is 5.03 Å². The van der Waals surface area contributed by atoms with Crippen LogP contribution in [-0.2, 0) is 0 Å². The van der Waals surface area contributed by atoms with Crippen molar-refractivity contribution in [3.63, 3.8) is 0 Å². The van der Waals surface area contributed by atoms with Crippen LogP contribution in [0, 0.1) is 5.95 Å². The van der Waals surface area contributed by atoms with Crippen molar-refractivity contribution in [3.8, 4) is 0 Å². The van der Waals surface area contributed by atoms with Gasteiger partial charge < -0.3 is 10.0 Å². The van der Waals surface area contributed by atoms with Crippen LogP contribution in [-0.4, -0.2) is 27.4 Å². The van der Waals surface area contributed by atoms with Crippen molar-refractivity contribution in [3.05, 3.63) is 18.1 Å². The van der Waals surface area contributed by atoms with E-state index in [2.05, 4.69) is 4.98 Å². The highest BCUT2D eigenvalue weighted by Gasteiger charge is 2.17. The molecule has 0 atom stereocenters. The summed E-state index contributed by atoms with van der Waals surface area (Å²) in [6.45, 7) is 3.94. The van der Waals surface area contributed by atoms with Crippen LogP contribution >= 0.6 is 11.8 Å². The van der Waals surface area contributed by atoms with Crippen molar-refractivity contribution in [2.24, 2.45) is 0 Å². The van der Waals surface area contributed by atoms with E-state index in [0.717, 1.165) is 0 Å². The molecule has 1 aromatic heterocycles. The quantitative estimate of drug-likeness (QED) is 0.435. The molecular weight excluding hydrogens is 204 g/mol. The largest absolute Gasteiger partial charge is 0.493 e. The monoisotopic (exact) mass is 215 g/mol. The molecular formula is C8H11BFNO2S. The molecule has 1 heterocycles. The van der Waals surface area contributed by atoms with E-state index < -0.39 is 13.1 Å². The Balaban J connectivity index is 2.89. The highest BCUT2D eigenvalue weighted by Crippen LogP contribution is 2.19. The first-order chi connectivity index (χ1) is 6.50. The van der Waals surface area contributed by atoms with Gasteiger partial charge in [-0.3, -0.25) is 0 Å². The normalized spacial score (nSPS) is 10.7. The molecule has 1 aromatic rings. The maximum atomic E-state index is 13.1. The number of rotatable bonds is 3. The van der Waals surface area contributed by atoms with Gasteiger partial charge in [0.2, 0.25) is 5.95 Å². The van der Waals surface area contributed by atoms with Crippen LogP contribution in [0.5, 0.6) is 0 Å². The van der Waals surface area contributed by atoms with Crippen molar-refractivity contribution in [1.82, 2.24) is 4.98 Å². The topological polar surface area (TPSA) is 53.4 Å². The number of nitrogens with zero attached hydrogens (tertiary/aromatic N) is 1. The molecule has 76 valence electrons. The Morgan fingerprint density at radius 1 is 1.43 bits per heavy atom. The summed E-state index contributed by atoms with van der Waals surface area (Å²) >= 11 is 1.42. The summed E-state index contributed by atoms with van der Waals surface area (Å²) < 4.78 is 13.1. The van der Waals surface area contributed by atoms with E-state index >= 15 is 0 Å². The Morgan fingerprint density at radius 2 is 2.07 bits per heavy atom. The highest BCUT2D eigenvalue weighted by molar-refractivity contribution is 7.99. The lowest BCUT2D eigenvalue weighted by atomic mass is 9.81. The first-order valence-electron chi connectivity index (χ1n) is 4.20. The molecule has 0 aliphatic heterocycles. The van der Waals surface area contributed by atoms with Crippen molar-refractivity contribution < 1.29 is 14.4 Å². The Bertz CT molecular complexity index is 322. The lowest BCUT2D eigenvalue weighted by Crippen LogP contribution is -2.33. The molecule has 0 spiro atoms. The van der Waals surface area contributed by atoms with Crippen LogP contribution < -0.4 is 5.46 Å². The standard InChI is InChI=1S/C8H11BFNO2S/c1-5(2)14-7-4-3-6(9(12)13)8(10)11-7/h3-5,12-13H,1-2H3. The Labute approximate surface area is 86.5 Å². The zero-order valence-electron chi connectivity index (χ0n) is 7.94. The highest BCUT2D eigenvalue weighted by atomic mass is 32.2. The first kappa shape index (κ1) is 11.5. The predicted octanol–water partition coefficient (Wildman–Crippen LogP) is 0.401. The zero-order valence-corrected chi connectivity index (χ0v) is 8.75. The van der Waals surface area contributed by atoms with Crippen molar-refractivity contribution >= 4 is 24.3 Å². The van der Waals surface area contributed by atoms with Crippen LogP contribution in [0.1, 0.15) is 13.8 Å². The fourth-order valence-corrected chi connectivity index (χ4v) is 1.69. The van der Waals surface area contributed by atoms with Gasteiger partial charge in [0, 0.05) is 10.7 Å². The summed E-state index contributed by atoms with van der Waals surface area (Å²) in [5.74, 6) is -0.828. The molecule has 0 aliphatic carbocycles. The van der Waals surface area contributed by atoms with E-state index in [0.29, 0.717) is 10.3 Å². The van der Waals surface area contributed by atoms with Gasteiger partial charge in [0.1, 0.15) is 0 Å². The summed E-state index contributed by atoms with van der Waals surface area (Å²) in [5.41, 5.74) is -0.196. The van der Waals surface area contributed by atoms with Gasteiger partial charge in [-0.1, -0.05) is 19.9 Å². The third-order valence-corrected chi connectivity index (χ3v) is 2.43. The van der Waals surface area contributed by atoms with Crippen LogP contribution in [0.2, 0.25) is 0 Å². The minimum atomic E-state index is -1.81. The van der Waals surface area contributed by atoms with Crippen molar-refractivity contribution in [2.75, 3.05) is 0 Å². The minimum absolute atomic E-state index is 0.196. The molecule has 6 heteroatoms. The maximum Gasteiger partial charge on any atom is 0.493 e. The summed E-state index contributed by atoms with van der Waals surface area (Å²) in [6.07, 6.45) is 0. The molecule has 0 unspecified atom stereocenters. The van der Waals surface area contributed by atoms with E-state index in [9.17, 15) is 4.39 Å². The van der Waals surface area contributed by atoms with Crippen LogP contribution in [0.4, 0.5) is 4.39 Å². The average Bonchev–Trinajstić information content (AvgIpc) is 2.01. The van der Waals surface area contributed by atoms with Gasteiger partial charge in [-0.15, -0.1) is 11.8 Å². The number of aromatic nitrogens is 1. The van der Waals surface area contributed by atoms with Gasteiger partial charge in [0.25, 0.3) is 0 Å². The summed E-state index contributed by atoms with van der Waals surface area (Å²) in [6, 6.07) is 2.90. The van der Waals surface area contributed by atoms with Gasteiger partial charge in [-0.25, -0.2) is 4.98 Å². The molecule has 0 radical (unpaired) electrons. The molecule has 2 N–H and O–H groups in total. The molecule has 1 rings (SSSR count). The van der Waals surface area contributed by atoms with E-state index in [1.165, 1.54) is 17.8 Å². The molecule has 0 bridgehead atoms. The van der Waals surface area contributed by atoms with Crippen LogP contribution in [0.25, 0.3) is 0 Å². The van der Waals surface area contributed by atoms with Gasteiger partial charge in [-0.2, -0.15) is 4.39 Å². The van der Waals surface area contributed by atoms with Crippen molar-refractivity contribution in [2.45, 2.75) is 24.1 Å². The summed E-state index contributed by atoms with van der Waals surface area (Å²) in [4.78, 5) is 3.61. The molecule has 3 nitrogen and oxygen atoms in total. The Kier molecular flexibility index (Phi) is 3.91. The average molecular weight is 215 g/mol. The third kappa shape index (κ3) is 2.97. The zero-order chi connectivity index (χ0) is 10.7. The number of hydrogen-bond donors (Lipinski definition) is 2. The second kappa shape index (κ2) is 4.77. The fourth-order valence-electron chi connectivity index (χ4n) is 0.928. The second-order valence-corrected chi connectivity index (χ2v) is 4.67. The van der Waals surface area contributed by atoms with E-state index in [-0.39, 0.29) is 5.46 Å². The number of hydrogen-bond acceptors (Lipinski definition) is 4. The number of halogens is 1. The lowest BCUT2D eigenvalue weighted by molar-refractivity contribution is 0.421. The summed E-state index contributed by atoms with van der Waals surface area (Å²) in [7, 11) is -1.81. The molecule has 0 aromatic carbocycles. The van der Waals surface area contributed by atoms with E-state index in [1.807, 2.05) is 13.8 Å². The molecule has 14 heavy (non-hydrogen) atoms. The van der Waals surface area contributed by atoms with Crippen LogP contribution in [0.15, 0.2) is 17.2 Å². The van der Waals surface area contributed by atoms with Crippen LogP contribution in [0.3, 0.4) is 0 Å². The van der Waals surface area contributed by atoms with Gasteiger partial charge in [-0.05, 0) is 6.07 Å². The van der Waals surface area contributed by atoms with Crippen molar-refractivity contribution in [1.29, 1.82) is 0 Å². The Hall–Kier alpha value is -0.585. The lowest BCUT2D eigenvalue weighted by Gasteiger charge is -2.05. The van der Waals surface area contributed by atoms with Gasteiger partial charge >= 0.3 is 7.12 Å². The third-order valence-electron chi connectivity index (χ3n) is 1.49. The summed E-state index contributed by atoms with van der Waals surface area (Å²) in [5, 5.41) is 18.3. The fraction of sp³-hybridized carbons (Fsp3) is 0.375. The predicted molar refractivity (Wildman–Crippen MR) is 55.0 cm³/mol. The molecule has 0 aliphatic rings. The Morgan fingerprint density at radius 3 is 2.50 bits per heavy atom. The second-order valence-electron chi connectivity index (χ2n) is 3.07. The SMILES string of the molecule is CC(C)Sc1ccc(B(O)O)c(F)n1. The van der Waals surface area contributed by atoms with E-state index in [4.69, 9.17) is 10.0 Å². The molecule has 0 fully saturated rings. The molecule has 0 saturated heterocycles. The number of thioether (sulfide) groups is 1. The molecule has 0 amide bonds. The number of pyridine rings is 1. The maximum absolute atomic E-state index is 13.1. The molecule has 0 saturated carbocycles. The van der Waals surface area contributed by atoms with E-state index in [1.54, 1.807) is 6.07 Å². The van der Waals surface area contributed by atoms with Gasteiger partial charge in [0.15, 0.2) is 0 Å².